The van der Waals surface area contributed by atoms with Crippen LogP contribution in [0.4, 0.5) is 13.2 Å². The van der Waals surface area contributed by atoms with Crippen LogP contribution < -0.4 is 0 Å². The van der Waals surface area contributed by atoms with Crippen molar-refractivity contribution < 1.29 is 22.8 Å². The van der Waals surface area contributed by atoms with Gasteiger partial charge in [0.2, 0.25) is 11.8 Å². The maximum Gasteiger partial charge on any atom is 0.391 e. The van der Waals surface area contributed by atoms with Gasteiger partial charge in [-0.2, -0.15) is 13.2 Å². The minimum atomic E-state index is -4.30. The number of rotatable bonds is 2. The van der Waals surface area contributed by atoms with Gasteiger partial charge in [0.15, 0.2) is 0 Å². The second-order valence-corrected chi connectivity index (χ2v) is 5.55. The first-order valence-electron chi connectivity index (χ1n) is 6.96. The largest absolute Gasteiger partial charge is 0.391 e. The maximum absolute atomic E-state index is 12.5. The predicted octanol–water partition coefficient (Wildman–Crippen LogP) is 1.94. The Labute approximate surface area is 115 Å². The quantitative estimate of drug-likeness (QED) is 0.780. The van der Waals surface area contributed by atoms with E-state index in [0.717, 1.165) is 12.8 Å². The number of hydrogen-bond acceptors (Lipinski definition) is 2. The minimum absolute atomic E-state index is 0.0852. The van der Waals surface area contributed by atoms with Crippen LogP contribution in [-0.4, -0.2) is 53.0 Å². The van der Waals surface area contributed by atoms with E-state index in [2.05, 4.69) is 0 Å². The molecule has 2 saturated heterocycles. The van der Waals surface area contributed by atoms with Crippen LogP contribution in [0.1, 0.15) is 39.0 Å². The fourth-order valence-corrected chi connectivity index (χ4v) is 3.03. The molecule has 0 aromatic heterocycles. The Morgan fingerprint density at radius 3 is 2.60 bits per heavy atom. The highest BCUT2D eigenvalue weighted by Crippen LogP contribution is 2.28. The zero-order valence-electron chi connectivity index (χ0n) is 11.4. The highest BCUT2D eigenvalue weighted by molar-refractivity contribution is 5.90. The van der Waals surface area contributed by atoms with E-state index < -0.39 is 24.7 Å². The summed E-state index contributed by atoms with van der Waals surface area (Å²) in [4.78, 5) is 27.2. The number of piperidine rings is 1. The van der Waals surface area contributed by atoms with Gasteiger partial charge >= 0.3 is 6.18 Å². The first kappa shape index (κ1) is 15.1. The maximum atomic E-state index is 12.5. The molecule has 0 bridgehead atoms. The van der Waals surface area contributed by atoms with Crippen molar-refractivity contribution in [2.75, 3.05) is 13.1 Å². The van der Waals surface area contributed by atoms with Crippen molar-refractivity contribution in [1.82, 2.24) is 9.80 Å². The van der Waals surface area contributed by atoms with Crippen LogP contribution in [0.5, 0.6) is 0 Å². The smallest absolute Gasteiger partial charge is 0.337 e. The van der Waals surface area contributed by atoms with Gasteiger partial charge in [-0.1, -0.05) is 0 Å². The van der Waals surface area contributed by atoms with E-state index in [9.17, 15) is 22.8 Å². The molecule has 0 aromatic rings. The number of fused-ring (bicyclic) bond motifs is 1. The van der Waals surface area contributed by atoms with Crippen molar-refractivity contribution in [3.05, 3.63) is 0 Å². The summed E-state index contributed by atoms with van der Waals surface area (Å²) in [6, 6.07) is -1.48. The van der Waals surface area contributed by atoms with Crippen molar-refractivity contribution in [3.63, 3.8) is 0 Å². The van der Waals surface area contributed by atoms with Gasteiger partial charge in [-0.05, 0) is 26.2 Å². The molecule has 2 aliphatic heterocycles. The van der Waals surface area contributed by atoms with Gasteiger partial charge in [0, 0.05) is 25.6 Å². The number of nitrogens with zero attached hydrogens (tertiary/aromatic N) is 2. The number of carbonyl (C=O) groups excluding carboxylic acids is 2. The zero-order valence-corrected chi connectivity index (χ0v) is 11.4. The summed E-state index contributed by atoms with van der Waals surface area (Å²) in [7, 11) is 0. The molecule has 7 heteroatoms. The number of alkyl halides is 3. The summed E-state index contributed by atoms with van der Waals surface area (Å²) < 4.78 is 37.5. The third-order valence-electron chi connectivity index (χ3n) is 4.02. The average Bonchev–Trinajstić information content (AvgIpc) is 2.47. The van der Waals surface area contributed by atoms with Crippen LogP contribution in [0.2, 0.25) is 0 Å². The summed E-state index contributed by atoms with van der Waals surface area (Å²) in [6.45, 7) is 2.02. The van der Waals surface area contributed by atoms with Crippen molar-refractivity contribution in [3.8, 4) is 0 Å². The lowest BCUT2D eigenvalue weighted by molar-refractivity contribution is -0.156. The molecule has 2 amide bonds. The van der Waals surface area contributed by atoms with Crippen LogP contribution in [-0.2, 0) is 9.59 Å². The number of hydrogen-bond donors (Lipinski definition) is 0. The minimum Gasteiger partial charge on any atom is -0.337 e. The molecule has 2 unspecified atom stereocenters. The van der Waals surface area contributed by atoms with Crippen molar-refractivity contribution >= 4 is 11.8 Å². The van der Waals surface area contributed by atoms with E-state index in [-0.39, 0.29) is 24.8 Å². The highest BCUT2D eigenvalue weighted by Gasteiger charge is 2.41. The zero-order chi connectivity index (χ0) is 14.9. The molecule has 20 heavy (non-hydrogen) atoms. The number of halogens is 3. The average molecular weight is 292 g/mol. The first-order valence-corrected chi connectivity index (χ1v) is 6.96. The van der Waals surface area contributed by atoms with E-state index >= 15 is 0 Å². The predicted molar refractivity (Wildman–Crippen MR) is 65.8 cm³/mol. The van der Waals surface area contributed by atoms with Gasteiger partial charge in [0.05, 0.1) is 6.42 Å². The van der Waals surface area contributed by atoms with Gasteiger partial charge in [-0.3, -0.25) is 9.59 Å². The van der Waals surface area contributed by atoms with Crippen LogP contribution in [0, 0.1) is 0 Å². The van der Waals surface area contributed by atoms with Crippen LogP contribution in [0.25, 0.3) is 0 Å². The van der Waals surface area contributed by atoms with Crippen LogP contribution in [0.3, 0.4) is 0 Å². The van der Waals surface area contributed by atoms with Gasteiger partial charge in [0.25, 0.3) is 0 Å². The third-order valence-corrected chi connectivity index (χ3v) is 4.02. The Bertz CT molecular complexity index is 398. The van der Waals surface area contributed by atoms with Gasteiger partial charge in [-0.15, -0.1) is 0 Å². The molecule has 2 aliphatic rings. The molecule has 2 heterocycles. The lowest BCUT2D eigenvalue weighted by Crippen LogP contribution is -2.51. The lowest BCUT2D eigenvalue weighted by Gasteiger charge is -2.36. The second-order valence-electron chi connectivity index (χ2n) is 5.55. The Kier molecular flexibility index (Phi) is 4.25. The molecular weight excluding hydrogens is 273 g/mol. The summed E-state index contributed by atoms with van der Waals surface area (Å²) >= 11 is 0. The summed E-state index contributed by atoms with van der Waals surface area (Å²) in [5.41, 5.74) is 0. The van der Waals surface area contributed by atoms with Gasteiger partial charge in [0.1, 0.15) is 6.04 Å². The molecule has 0 aliphatic carbocycles. The summed E-state index contributed by atoms with van der Waals surface area (Å²) in [5.74, 6) is -0.447. The highest BCUT2D eigenvalue weighted by atomic mass is 19.4. The first-order chi connectivity index (χ1) is 9.29. The van der Waals surface area contributed by atoms with Crippen molar-refractivity contribution in [1.29, 1.82) is 0 Å². The summed E-state index contributed by atoms with van der Waals surface area (Å²) in [5, 5.41) is 0. The molecule has 0 spiro atoms. The normalized spacial score (nSPS) is 26.3. The molecule has 4 nitrogen and oxygen atoms in total. The third kappa shape index (κ3) is 3.24. The lowest BCUT2D eigenvalue weighted by atomic mass is 10.0. The topological polar surface area (TPSA) is 40.6 Å². The summed E-state index contributed by atoms with van der Waals surface area (Å²) in [6.07, 6.45) is -2.97. The van der Waals surface area contributed by atoms with Gasteiger partial charge < -0.3 is 9.80 Å². The van der Waals surface area contributed by atoms with Crippen LogP contribution in [0.15, 0.2) is 0 Å². The molecule has 0 N–H and O–H groups in total. The second kappa shape index (κ2) is 5.61. The van der Waals surface area contributed by atoms with E-state index in [1.54, 1.807) is 4.90 Å². The Morgan fingerprint density at radius 1 is 1.25 bits per heavy atom. The fraction of sp³-hybridized carbons (Fsp3) is 0.846. The Hall–Kier alpha value is -1.27. The van der Waals surface area contributed by atoms with E-state index in [4.69, 9.17) is 0 Å². The number of carbonyl (C=O) groups is 2. The number of amides is 2. The van der Waals surface area contributed by atoms with E-state index in [1.807, 2.05) is 0 Å². The molecule has 0 aromatic carbocycles. The standard InChI is InChI=1S/C13H19F3N2O2/c1-9(8-13(14,15)16)17-7-5-11(19)18-6-3-2-4-10(18)12(17)20/h9-10H,2-8H2,1H3. The van der Waals surface area contributed by atoms with E-state index in [0.29, 0.717) is 13.0 Å². The van der Waals surface area contributed by atoms with E-state index in [1.165, 1.54) is 11.8 Å². The Morgan fingerprint density at radius 2 is 1.95 bits per heavy atom. The molecule has 2 rings (SSSR count). The molecular formula is C13H19F3N2O2. The van der Waals surface area contributed by atoms with Crippen molar-refractivity contribution in [2.45, 2.75) is 57.3 Å². The molecule has 0 radical (unpaired) electrons. The van der Waals surface area contributed by atoms with Crippen LogP contribution >= 0.6 is 0 Å². The molecule has 2 fully saturated rings. The molecule has 2 atom stereocenters. The van der Waals surface area contributed by atoms with Gasteiger partial charge in [-0.25, -0.2) is 0 Å². The SMILES string of the molecule is CC(CC(F)(F)F)N1CCC(=O)N2CCCCC2C1=O. The Balaban J connectivity index is 2.14. The molecule has 0 saturated carbocycles. The fourth-order valence-electron chi connectivity index (χ4n) is 3.03. The monoisotopic (exact) mass is 292 g/mol. The van der Waals surface area contributed by atoms with Crippen molar-refractivity contribution in [2.24, 2.45) is 0 Å². The molecule has 114 valence electrons.